The van der Waals surface area contributed by atoms with Crippen molar-refractivity contribution in [2.24, 2.45) is 4.99 Å². The molecule has 0 amide bonds. The first-order valence-corrected chi connectivity index (χ1v) is 9.16. The van der Waals surface area contributed by atoms with E-state index in [1.54, 1.807) is 48.6 Å². The Labute approximate surface area is 178 Å². The standard InChI is InChI=1S/C21H17Cl2NO5/c1-26-17-11-19(28-3)18(27-2)9-13(17)8-16-21(25)29-20(24-16)7-5-12-4-6-14(22)10-15(12)23/h4-11H,1-3H3/b7-5+,16-8-. The van der Waals surface area contributed by atoms with E-state index in [0.717, 1.165) is 0 Å². The first-order valence-electron chi connectivity index (χ1n) is 8.41. The summed E-state index contributed by atoms with van der Waals surface area (Å²) in [6.45, 7) is 0. The average molecular weight is 434 g/mol. The maximum Gasteiger partial charge on any atom is 0.363 e. The van der Waals surface area contributed by atoms with Crippen LogP contribution in [0.3, 0.4) is 0 Å². The Morgan fingerprint density at radius 1 is 0.897 bits per heavy atom. The van der Waals surface area contributed by atoms with Gasteiger partial charge in [0.05, 0.1) is 21.3 Å². The lowest BCUT2D eigenvalue weighted by Crippen LogP contribution is -2.01. The first kappa shape index (κ1) is 20.8. The van der Waals surface area contributed by atoms with Crippen molar-refractivity contribution in [1.29, 1.82) is 0 Å². The molecule has 0 saturated carbocycles. The van der Waals surface area contributed by atoms with Crippen LogP contribution < -0.4 is 14.2 Å². The van der Waals surface area contributed by atoms with Crippen LogP contribution in [0.1, 0.15) is 11.1 Å². The Morgan fingerprint density at radius 3 is 2.24 bits per heavy atom. The van der Waals surface area contributed by atoms with E-state index in [-0.39, 0.29) is 11.6 Å². The number of ether oxygens (including phenoxy) is 4. The number of carbonyl (C=O) groups is 1. The minimum absolute atomic E-state index is 0.123. The van der Waals surface area contributed by atoms with Gasteiger partial charge in [-0.3, -0.25) is 0 Å². The predicted octanol–water partition coefficient (Wildman–Crippen LogP) is 5.03. The van der Waals surface area contributed by atoms with Crippen molar-refractivity contribution in [3.8, 4) is 17.2 Å². The number of carbonyl (C=O) groups excluding carboxylic acids is 1. The normalized spacial score (nSPS) is 14.9. The third kappa shape index (κ3) is 4.72. The molecule has 0 atom stereocenters. The molecule has 29 heavy (non-hydrogen) atoms. The fraction of sp³-hybridized carbons (Fsp3) is 0.143. The molecule has 1 heterocycles. The molecule has 0 N–H and O–H groups in total. The van der Waals surface area contributed by atoms with Gasteiger partial charge < -0.3 is 18.9 Å². The highest BCUT2D eigenvalue weighted by molar-refractivity contribution is 6.35. The average Bonchev–Trinajstić information content (AvgIpc) is 3.06. The summed E-state index contributed by atoms with van der Waals surface area (Å²) in [6, 6.07) is 8.45. The fourth-order valence-corrected chi connectivity index (χ4v) is 3.08. The van der Waals surface area contributed by atoms with Gasteiger partial charge in [-0.05, 0) is 35.9 Å². The van der Waals surface area contributed by atoms with Crippen LogP contribution >= 0.6 is 23.2 Å². The van der Waals surface area contributed by atoms with E-state index in [4.69, 9.17) is 42.1 Å². The van der Waals surface area contributed by atoms with E-state index in [1.807, 2.05) is 0 Å². The SMILES string of the molecule is COc1cc(OC)c(OC)cc1/C=C1N=C(/C=C/c2ccc(Cl)cc2Cl)OC\1=O. The zero-order chi connectivity index (χ0) is 21.0. The topological polar surface area (TPSA) is 66.3 Å². The number of methoxy groups -OCH3 is 3. The summed E-state index contributed by atoms with van der Waals surface area (Å²) >= 11 is 12.0. The van der Waals surface area contributed by atoms with Gasteiger partial charge in [-0.25, -0.2) is 9.79 Å². The van der Waals surface area contributed by atoms with Crippen molar-refractivity contribution in [3.63, 3.8) is 0 Å². The van der Waals surface area contributed by atoms with Crippen LogP contribution in [-0.2, 0) is 9.53 Å². The van der Waals surface area contributed by atoms with E-state index in [2.05, 4.69) is 4.99 Å². The molecule has 0 aliphatic carbocycles. The van der Waals surface area contributed by atoms with Gasteiger partial charge in [-0.15, -0.1) is 0 Å². The molecule has 2 aromatic carbocycles. The van der Waals surface area contributed by atoms with Gasteiger partial charge >= 0.3 is 5.97 Å². The van der Waals surface area contributed by atoms with E-state index < -0.39 is 5.97 Å². The minimum Gasteiger partial charge on any atom is -0.496 e. The van der Waals surface area contributed by atoms with Crippen molar-refractivity contribution < 1.29 is 23.7 Å². The number of benzene rings is 2. The molecule has 0 spiro atoms. The lowest BCUT2D eigenvalue weighted by molar-refractivity contribution is -0.129. The monoisotopic (exact) mass is 433 g/mol. The summed E-state index contributed by atoms with van der Waals surface area (Å²) in [4.78, 5) is 16.4. The van der Waals surface area contributed by atoms with Crippen molar-refractivity contribution in [3.05, 3.63) is 63.3 Å². The maximum atomic E-state index is 12.2. The molecule has 0 fully saturated rings. The lowest BCUT2D eigenvalue weighted by Gasteiger charge is -2.12. The Kier molecular flexibility index (Phi) is 6.46. The highest BCUT2D eigenvalue weighted by Gasteiger charge is 2.22. The smallest absolute Gasteiger partial charge is 0.363 e. The summed E-state index contributed by atoms with van der Waals surface area (Å²) in [5.41, 5.74) is 1.43. The van der Waals surface area contributed by atoms with E-state index in [1.165, 1.54) is 21.3 Å². The zero-order valence-electron chi connectivity index (χ0n) is 15.9. The van der Waals surface area contributed by atoms with Crippen molar-refractivity contribution in [1.82, 2.24) is 0 Å². The third-order valence-corrected chi connectivity index (χ3v) is 4.60. The predicted molar refractivity (Wildman–Crippen MR) is 113 cm³/mol. The molecule has 8 heteroatoms. The van der Waals surface area contributed by atoms with Gasteiger partial charge in [0.1, 0.15) is 5.75 Å². The van der Waals surface area contributed by atoms with E-state index in [9.17, 15) is 4.79 Å². The molecule has 0 bridgehead atoms. The molecule has 0 aromatic heterocycles. The number of hydrogen-bond acceptors (Lipinski definition) is 6. The molecular formula is C21H17Cl2NO5. The first-order chi connectivity index (χ1) is 13.9. The summed E-state index contributed by atoms with van der Waals surface area (Å²) in [6.07, 6.45) is 4.80. The van der Waals surface area contributed by atoms with Crippen molar-refractivity contribution in [2.45, 2.75) is 0 Å². The number of hydrogen-bond donors (Lipinski definition) is 0. The largest absolute Gasteiger partial charge is 0.496 e. The highest BCUT2D eigenvalue weighted by atomic mass is 35.5. The number of esters is 1. The fourth-order valence-electron chi connectivity index (χ4n) is 2.61. The van der Waals surface area contributed by atoms with Gasteiger partial charge in [0.25, 0.3) is 0 Å². The molecule has 150 valence electrons. The van der Waals surface area contributed by atoms with Crippen LogP contribution in [0.2, 0.25) is 10.0 Å². The summed E-state index contributed by atoms with van der Waals surface area (Å²) in [5, 5.41) is 1.01. The van der Waals surface area contributed by atoms with Crippen molar-refractivity contribution in [2.75, 3.05) is 21.3 Å². The number of rotatable bonds is 6. The van der Waals surface area contributed by atoms with Crippen LogP contribution in [0.25, 0.3) is 12.2 Å². The van der Waals surface area contributed by atoms with Crippen LogP contribution in [0.15, 0.2) is 47.1 Å². The zero-order valence-corrected chi connectivity index (χ0v) is 17.4. The Balaban J connectivity index is 1.91. The van der Waals surface area contributed by atoms with Gasteiger partial charge in [-0.1, -0.05) is 29.3 Å². The van der Waals surface area contributed by atoms with Gasteiger partial charge in [0.15, 0.2) is 17.2 Å². The Morgan fingerprint density at radius 2 is 1.59 bits per heavy atom. The second kappa shape index (κ2) is 9.03. The van der Waals surface area contributed by atoms with Crippen LogP contribution in [0.5, 0.6) is 17.2 Å². The number of halogens is 2. The molecule has 1 aliphatic rings. The highest BCUT2D eigenvalue weighted by Crippen LogP contribution is 2.36. The number of nitrogens with zero attached hydrogens (tertiary/aromatic N) is 1. The van der Waals surface area contributed by atoms with Crippen LogP contribution in [-0.4, -0.2) is 33.2 Å². The van der Waals surface area contributed by atoms with Crippen LogP contribution in [0.4, 0.5) is 0 Å². The third-order valence-electron chi connectivity index (χ3n) is 4.03. The molecule has 0 unspecified atom stereocenters. The van der Waals surface area contributed by atoms with Gasteiger partial charge in [-0.2, -0.15) is 0 Å². The quantitative estimate of drug-likeness (QED) is 0.472. The summed E-state index contributed by atoms with van der Waals surface area (Å²) < 4.78 is 21.1. The molecular weight excluding hydrogens is 417 g/mol. The molecule has 0 saturated heterocycles. The summed E-state index contributed by atoms with van der Waals surface area (Å²) in [5.74, 6) is 1.06. The summed E-state index contributed by atoms with van der Waals surface area (Å²) in [7, 11) is 4.57. The van der Waals surface area contributed by atoms with E-state index in [0.29, 0.717) is 38.4 Å². The second-order valence-electron chi connectivity index (χ2n) is 5.82. The molecule has 0 radical (unpaired) electrons. The molecule has 6 nitrogen and oxygen atoms in total. The maximum absolute atomic E-state index is 12.2. The number of aliphatic imine (C=N–C) groups is 1. The van der Waals surface area contributed by atoms with Gasteiger partial charge in [0, 0.05) is 27.8 Å². The lowest BCUT2D eigenvalue weighted by atomic mass is 10.1. The van der Waals surface area contributed by atoms with Crippen LogP contribution in [0, 0.1) is 0 Å². The van der Waals surface area contributed by atoms with E-state index >= 15 is 0 Å². The van der Waals surface area contributed by atoms with Crippen molar-refractivity contribution >= 4 is 47.2 Å². The molecule has 2 aromatic rings. The Bertz CT molecular complexity index is 1040. The Hall–Kier alpha value is -2.96. The molecule has 1 aliphatic heterocycles. The second-order valence-corrected chi connectivity index (χ2v) is 6.66. The molecule has 3 rings (SSSR count). The number of cyclic esters (lactones) is 1. The minimum atomic E-state index is -0.580. The van der Waals surface area contributed by atoms with Gasteiger partial charge in [0.2, 0.25) is 5.90 Å².